The highest BCUT2D eigenvalue weighted by atomic mass is 79.9. The highest BCUT2D eigenvalue weighted by Crippen LogP contribution is 2.44. The van der Waals surface area contributed by atoms with E-state index in [1.807, 2.05) is 18.4 Å². The maximum atomic E-state index is 12.8. The molecule has 0 aromatic heterocycles. The van der Waals surface area contributed by atoms with Crippen molar-refractivity contribution in [2.75, 3.05) is 5.33 Å². The summed E-state index contributed by atoms with van der Waals surface area (Å²) in [7, 11) is -1.31. The molecule has 1 aliphatic heterocycles. The molecule has 12 heteroatoms. The summed E-state index contributed by atoms with van der Waals surface area (Å²) in [6.07, 6.45) is -7.31. The summed E-state index contributed by atoms with van der Waals surface area (Å²) in [5, 5.41) is 1.76. The van der Waals surface area contributed by atoms with Crippen LogP contribution in [0.4, 0.5) is 13.2 Å². The Morgan fingerprint density at radius 3 is 2.29 bits per heavy atom. The maximum absolute atomic E-state index is 12.8. The van der Waals surface area contributed by atoms with E-state index in [9.17, 15) is 22.8 Å². The van der Waals surface area contributed by atoms with Gasteiger partial charge in [0, 0.05) is 11.8 Å². The lowest BCUT2D eigenvalue weighted by atomic mass is 9.78. The molecule has 7 nitrogen and oxygen atoms in total. The molecule has 1 N–H and O–H groups in total. The molecule has 1 rings (SSSR count). The lowest BCUT2D eigenvalue weighted by Gasteiger charge is -2.51. The highest BCUT2D eigenvalue weighted by molar-refractivity contribution is 9.09. The van der Waals surface area contributed by atoms with Gasteiger partial charge in [0.1, 0.15) is 11.4 Å². The average Bonchev–Trinajstić information content (AvgIpc) is 2.53. The smallest absolute Gasteiger partial charge is 0.457 e. The largest absolute Gasteiger partial charge is 0.471 e. The molecule has 4 atom stereocenters. The first-order chi connectivity index (χ1) is 12.6. The summed E-state index contributed by atoms with van der Waals surface area (Å²) < 4.78 is 55.0. The summed E-state index contributed by atoms with van der Waals surface area (Å²) in [4.78, 5) is 28.9. The number of rotatable bonds is 6. The Kier molecular flexibility index (Phi) is 8.52. The lowest BCUT2D eigenvalue weighted by Crippen LogP contribution is -2.65. The summed E-state index contributed by atoms with van der Waals surface area (Å²) in [5.41, 5.74) is -0.732. The normalized spacial score (nSPS) is 28.9. The first kappa shape index (κ1) is 25.3. The van der Waals surface area contributed by atoms with Crippen molar-refractivity contribution in [1.29, 1.82) is 0 Å². The molecule has 1 radical (unpaired) electrons. The Hall–Kier alpha value is -0.693. The Bertz CT molecular complexity index is 572. The van der Waals surface area contributed by atoms with Crippen LogP contribution in [0.1, 0.15) is 34.1 Å². The monoisotopic (exact) mass is 492 g/mol. The van der Waals surface area contributed by atoms with Crippen molar-refractivity contribution in [3.63, 3.8) is 0 Å². The van der Waals surface area contributed by atoms with Crippen LogP contribution in [-0.4, -0.2) is 56.5 Å². The van der Waals surface area contributed by atoms with Gasteiger partial charge in [0.25, 0.3) is 9.04 Å². The summed E-state index contributed by atoms with van der Waals surface area (Å²) in [6, 6.07) is -1.20. The van der Waals surface area contributed by atoms with Gasteiger partial charge in [-0.1, -0.05) is 36.7 Å². The van der Waals surface area contributed by atoms with Gasteiger partial charge in [-0.25, -0.2) is 4.89 Å². The van der Waals surface area contributed by atoms with Gasteiger partial charge in [-0.2, -0.15) is 13.2 Å². The maximum Gasteiger partial charge on any atom is 0.471 e. The minimum atomic E-state index is -5.09. The molecule has 1 fully saturated rings. The van der Waals surface area contributed by atoms with Gasteiger partial charge in [-0.05, 0) is 20.0 Å². The highest BCUT2D eigenvalue weighted by Gasteiger charge is 2.57. The zero-order chi connectivity index (χ0) is 21.9. The van der Waals surface area contributed by atoms with E-state index in [0.29, 0.717) is 0 Å². The first-order valence-corrected chi connectivity index (χ1v) is 12.1. The van der Waals surface area contributed by atoms with E-state index >= 15 is 0 Å². The van der Waals surface area contributed by atoms with Crippen LogP contribution in [0, 0.1) is 5.41 Å². The number of hydrogen-bond donors (Lipinski definition) is 1. The molecule has 0 aromatic carbocycles. The summed E-state index contributed by atoms with van der Waals surface area (Å²) in [5.74, 6) is -4.29. The summed E-state index contributed by atoms with van der Waals surface area (Å²) in [6.45, 7) is 10.5. The van der Waals surface area contributed by atoms with E-state index in [-0.39, 0.29) is 11.8 Å². The van der Waals surface area contributed by atoms with Gasteiger partial charge in [-0.15, -0.1) is 0 Å². The number of carbonyl (C=O) groups excluding carboxylic acids is 2. The van der Waals surface area contributed by atoms with Crippen LogP contribution in [0.25, 0.3) is 0 Å². The quantitative estimate of drug-likeness (QED) is 0.201. The fraction of sp³-hybridized carbons (Fsp3) is 0.875. The molecule has 0 saturated carbocycles. The second kappa shape index (κ2) is 9.41. The number of amides is 1. The Balaban J connectivity index is 3.25. The Labute approximate surface area is 172 Å². The van der Waals surface area contributed by atoms with Crippen molar-refractivity contribution in [1.82, 2.24) is 5.32 Å². The number of esters is 1. The minimum Gasteiger partial charge on any atom is -0.457 e. The van der Waals surface area contributed by atoms with E-state index in [2.05, 4.69) is 15.9 Å². The van der Waals surface area contributed by atoms with Gasteiger partial charge in [0.15, 0.2) is 0 Å². The Morgan fingerprint density at radius 2 is 1.86 bits per heavy atom. The minimum absolute atomic E-state index is 0.155. The van der Waals surface area contributed by atoms with Gasteiger partial charge in [0.2, 0.25) is 5.79 Å². The predicted octanol–water partition coefficient (Wildman–Crippen LogP) is 3.09. The van der Waals surface area contributed by atoms with Crippen molar-refractivity contribution in [2.24, 2.45) is 5.41 Å². The van der Waals surface area contributed by atoms with Gasteiger partial charge < -0.3 is 14.8 Å². The molecule has 1 amide bonds. The number of alkyl halides is 4. The number of halogens is 4. The van der Waals surface area contributed by atoms with Crippen LogP contribution in [0.3, 0.4) is 0 Å². The molecule has 0 aromatic rings. The summed E-state index contributed by atoms with van der Waals surface area (Å²) >= 11 is 2.94. The fourth-order valence-corrected chi connectivity index (χ4v) is 3.14. The number of ether oxygens (including phenoxy) is 2. The average molecular weight is 493 g/mol. The molecule has 1 saturated heterocycles. The van der Waals surface area contributed by atoms with Crippen LogP contribution >= 0.6 is 15.9 Å². The molecule has 163 valence electrons. The molecular weight excluding hydrogens is 467 g/mol. The van der Waals surface area contributed by atoms with Crippen molar-refractivity contribution in [3.05, 3.63) is 0 Å². The third-order valence-electron chi connectivity index (χ3n) is 4.16. The van der Waals surface area contributed by atoms with E-state index in [1.165, 1.54) is 6.92 Å². The molecule has 1 heterocycles. The van der Waals surface area contributed by atoms with Gasteiger partial charge >= 0.3 is 18.1 Å². The van der Waals surface area contributed by atoms with Crippen molar-refractivity contribution in [3.8, 4) is 0 Å². The predicted molar refractivity (Wildman–Crippen MR) is 98.7 cm³/mol. The van der Waals surface area contributed by atoms with Crippen molar-refractivity contribution in [2.45, 2.75) is 77.4 Å². The molecular formula is C16H26BrF3NO6Si. The third-order valence-corrected chi connectivity index (χ3v) is 5.03. The molecule has 28 heavy (non-hydrogen) atoms. The van der Waals surface area contributed by atoms with Crippen LogP contribution < -0.4 is 5.32 Å². The molecule has 1 unspecified atom stereocenters. The number of hydrogen-bond acceptors (Lipinski definition) is 6. The number of carbonyl (C=O) groups is 2. The second-order valence-electron chi connectivity index (χ2n) is 7.77. The standard InChI is InChI=1S/C16H26BrF3NO6Si/c1-9-12(24-11(22)8-17)10(21-13(23)16(18,19)20)7-15(25-9,14(2,3)4)26-27-28(5)6/h9-10,12H,7-8H2,1-6H3,(H,21,23)/t9-,10-,12+,15?/m0/s1. The molecule has 1 aliphatic rings. The third kappa shape index (κ3) is 6.41. The lowest BCUT2D eigenvalue weighted by molar-refractivity contribution is -0.442. The second-order valence-corrected chi connectivity index (χ2v) is 10.3. The van der Waals surface area contributed by atoms with Crippen LogP contribution in [-0.2, 0) is 28.5 Å². The van der Waals surface area contributed by atoms with Crippen molar-refractivity contribution < 1.29 is 41.7 Å². The van der Waals surface area contributed by atoms with Crippen LogP contribution in [0.15, 0.2) is 0 Å². The van der Waals surface area contributed by atoms with Crippen molar-refractivity contribution >= 4 is 36.8 Å². The van der Waals surface area contributed by atoms with E-state index < -0.39 is 56.5 Å². The van der Waals surface area contributed by atoms with E-state index in [0.717, 1.165) is 0 Å². The topological polar surface area (TPSA) is 83.1 Å². The first-order valence-electron chi connectivity index (χ1n) is 8.60. The zero-order valence-electron chi connectivity index (χ0n) is 16.6. The molecule has 0 bridgehead atoms. The van der Waals surface area contributed by atoms with Crippen LogP contribution in [0.2, 0.25) is 13.1 Å². The fourth-order valence-electron chi connectivity index (χ4n) is 2.71. The van der Waals surface area contributed by atoms with Gasteiger partial charge in [0.05, 0.1) is 12.1 Å². The zero-order valence-corrected chi connectivity index (χ0v) is 19.2. The van der Waals surface area contributed by atoms with Gasteiger partial charge in [-0.3, -0.25) is 14.2 Å². The van der Waals surface area contributed by atoms with E-state index in [4.69, 9.17) is 18.9 Å². The SMILES string of the molecule is C[C@@H]1OC(OO[Si](C)C)(C(C)(C)C)C[C@H](NC(=O)C(F)(F)F)[C@@H]1OC(=O)CBr. The van der Waals surface area contributed by atoms with Crippen LogP contribution in [0.5, 0.6) is 0 Å². The number of nitrogens with one attached hydrogen (secondary N) is 1. The molecule has 0 aliphatic carbocycles. The molecule has 0 spiro atoms. The van der Waals surface area contributed by atoms with E-state index in [1.54, 1.807) is 20.8 Å². The Morgan fingerprint density at radius 1 is 1.29 bits per heavy atom.